The van der Waals surface area contributed by atoms with Crippen LogP contribution >= 0.6 is 0 Å². The molecule has 1 heterocycles. The highest BCUT2D eigenvalue weighted by atomic mass is 16.5. The molecule has 0 bridgehead atoms. The van der Waals surface area contributed by atoms with Gasteiger partial charge >= 0.3 is 0 Å². The van der Waals surface area contributed by atoms with Crippen molar-refractivity contribution >= 4 is 17.3 Å². The number of para-hydroxylation sites is 1. The van der Waals surface area contributed by atoms with Crippen LogP contribution in [0.25, 0.3) is 0 Å². The predicted octanol–water partition coefficient (Wildman–Crippen LogP) is 2.85. The number of anilines is 2. The Hall–Kier alpha value is -2.69. The normalized spacial score (nSPS) is 14.3. The zero-order valence-electron chi connectivity index (χ0n) is 14.6. The molecule has 0 saturated carbocycles. The molecule has 0 radical (unpaired) electrons. The summed E-state index contributed by atoms with van der Waals surface area (Å²) < 4.78 is 5.42. The molecular weight excluding hydrogens is 314 g/mol. The first kappa shape index (κ1) is 17.1. The van der Waals surface area contributed by atoms with Gasteiger partial charge in [-0.1, -0.05) is 18.2 Å². The average Bonchev–Trinajstić information content (AvgIpc) is 2.68. The molecule has 1 amide bonds. The fourth-order valence-electron chi connectivity index (χ4n) is 2.98. The monoisotopic (exact) mass is 339 g/mol. The lowest BCUT2D eigenvalue weighted by molar-refractivity contribution is -0.129. The second kappa shape index (κ2) is 8.42. The number of nitrogens with zero attached hydrogens (tertiary/aromatic N) is 2. The van der Waals surface area contributed by atoms with E-state index in [0.29, 0.717) is 13.2 Å². The van der Waals surface area contributed by atoms with Gasteiger partial charge in [-0.15, -0.1) is 0 Å². The van der Waals surface area contributed by atoms with E-state index in [4.69, 9.17) is 4.74 Å². The van der Waals surface area contributed by atoms with Crippen molar-refractivity contribution in [2.75, 3.05) is 49.5 Å². The second-order valence-corrected chi connectivity index (χ2v) is 6.01. The Morgan fingerprint density at radius 2 is 1.68 bits per heavy atom. The number of rotatable bonds is 6. The van der Waals surface area contributed by atoms with E-state index in [1.807, 2.05) is 54.3 Å². The van der Waals surface area contributed by atoms with Gasteiger partial charge in [-0.25, -0.2) is 0 Å². The topological polar surface area (TPSA) is 44.8 Å². The van der Waals surface area contributed by atoms with Gasteiger partial charge in [-0.3, -0.25) is 4.79 Å². The Kier molecular flexibility index (Phi) is 5.77. The lowest BCUT2D eigenvalue weighted by Crippen LogP contribution is -2.50. The van der Waals surface area contributed by atoms with Crippen LogP contribution in [0.15, 0.2) is 54.6 Å². The highest BCUT2D eigenvalue weighted by Gasteiger charge is 2.20. The Bertz CT molecular complexity index is 665. The standard InChI is InChI=1S/C20H25N3O2/c1-2-25-19-10-8-17(9-11-19)21-16-20(24)23-14-12-22(13-15-23)18-6-4-3-5-7-18/h3-11,21H,2,12-16H2,1H3. The van der Waals surface area contributed by atoms with Crippen LogP contribution in [-0.4, -0.2) is 50.1 Å². The van der Waals surface area contributed by atoms with E-state index < -0.39 is 0 Å². The third-order valence-electron chi connectivity index (χ3n) is 4.36. The third kappa shape index (κ3) is 4.66. The summed E-state index contributed by atoms with van der Waals surface area (Å²) in [5.74, 6) is 0.984. The molecule has 1 aliphatic rings. The van der Waals surface area contributed by atoms with Crippen LogP contribution in [0.2, 0.25) is 0 Å². The summed E-state index contributed by atoms with van der Waals surface area (Å²) >= 11 is 0. The van der Waals surface area contributed by atoms with Crippen molar-refractivity contribution in [2.24, 2.45) is 0 Å². The third-order valence-corrected chi connectivity index (χ3v) is 4.36. The van der Waals surface area contributed by atoms with Crippen molar-refractivity contribution in [3.8, 4) is 5.75 Å². The van der Waals surface area contributed by atoms with E-state index in [1.54, 1.807) is 0 Å². The molecule has 1 aliphatic heterocycles. The Balaban J connectivity index is 1.45. The number of nitrogens with one attached hydrogen (secondary N) is 1. The molecule has 0 spiro atoms. The highest BCUT2D eigenvalue weighted by molar-refractivity contribution is 5.81. The van der Waals surface area contributed by atoms with E-state index in [1.165, 1.54) is 5.69 Å². The van der Waals surface area contributed by atoms with Crippen LogP contribution in [0.1, 0.15) is 6.92 Å². The molecule has 3 rings (SSSR count). The summed E-state index contributed by atoms with van der Waals surface area (Å²) in [4.78, 5) is 16.7. The summed E-state index contributed by atoms with van der Waals surface area (Å²) in [7, 11) is 0. The van der Waals surface area contributed by atoms with Crippen molar-refractivity contribution in [3.05, 3.63) is 54.6 Å². The van der Waals surface area contributed by atoms with Gasteiger partial charge in [-0.2, -0.15) is 0 Å². The molecule has 5 nitrogen and oxygen atoms in total. The quantitative estimate of drug-likeness (QED) is 0.879. The highest BCUT2D eigenvalue weighted by Crippen LogP contribution is 2.17. The minimum atomic E-state index is 0.140. The van der Waals surface area contributed by atoms with Gasteiger partial charge in [0.2, 0.25) is 5.91 Å². The van der Waals surface area contributed by atoms with E-state index in [-0.39, 0.29) is 5.91 Å². The summed E-state index contributed by atoms with van der Waals surface area (Å²) in [5.41, 5.74) is 2.15. The predicted molar refractivity (Wildman–Crippen MR) is 101 cm³/mol. The fourth-order valence-corrected chi connectivity index (χ4v) is 2.98. The smallest absolute Gasteiger partial charge is 0.241 e. The maximum atomic E-state index is 12.4. The Morgan fingerprint density at radius 1 is 1.00 bits per heavy atom. The molecule has 25 heavy (non-hydrogen) atoms. The molecule has 2 aromatic rings. The first-order valence-electron chi connectivity index (χ1n) is 8.81. The molecule has 132 valence electrons. The maximum Gasteiger partial charge on any atom is 0.241 e. The molecule has 0 aliphatic carbocycles. The van der Waals surface area contributed by atoms with Gasteiger partial charge in [-0.05, 0) is 43.3 Å². The van der Waals surface area contributed by atoms with Crippen LogP contribution in [0.3, 0.4) is 0 Å². The second-order valence-electron chi connectivity index (χ2n) is 6.01. The lowest BCUT2D eigenvalue weighted by atomic mass is 10.2. The van der Waals surface area contributed by atoms with Crippen LogP contribution in [0.4, 0.5) is 11.4 Å². The molecule has 1 N–H and O–H groups in total. The SMILES string of the molecule is CCOc1ccc(NCC(=O)N2CCN(c3ccccc3)CC2)cc1. The number of ether oxygens (including phenoxy) is 1. The minimum Gasteiger partial charge on any atom is -0.494 e. The number of hydrogen-bond donors (Lipinski definition) is 1. The zero-order valence-corrected chi connectivity index (χ0v) is 14.6. The molecule has 0 unspecified atom stereocenters. The van der Waals surface area contributed by atoms with Crippen LogP contribution in [0.5, 0.6) is 5.75 Å². The Morgan fingerprint density at radius 3 is 2.32 bits per heavy atom. The fraction of sp³-hybridized carbons (Fsp3) is 0.350. The van der Waals surface area contributed by atoms with Crippen LogP contribution in [-0.2, 0) is 4.79 Å². The van der Waals surface area contributed by atoms with E-state index in [0.717, 1.165) is 37.6 Å². The lowest BCUT2D eigenvalue weighted by Gasteiger charge is -2.36. The molecule has 0 atom stereocenters. The van der Waals surface area contributed by atoms with E-state index in [2.05, 4.69) is 22.3 Å². The number of benzene rings is 2. The van der Waals surface area contributed by atoms with Crippen molar-refractivity contribution in [2.45, 2.75) is 6.92 Å². The number of carbonyl (C=O) groups excluding carboxylic acids is 1. The minimum absolute atomic E-state index is 0.140. The number of piperazine rings is 1. The first-order valence-corrected chi connectivity index (χ1v) is 8.81. The molecule has 2 aromatic carbocycles. The summed E-state index contributed by atoms with van der Waals surface area (Å²) in [5, 5.41) is 3.19. The average molecular weight is 339 g/mol. The van der Waals surface area contributed by atoms with Crippen LogP contribution < -0.4 is 15.0 Å². The molecular formula is C20H25N3O2. The van der Waals surface area contributed by atoms with Gasteiger partial charge in [0.05, 0.1) is 13.2 Å². The molecule has 1 fully saturated rings. The maximum absolute atomic E-state index is 12.4. The van der Waals surface area contributed by atoms with Crippen molar-refractivity contribution in [1.29, 1.82) is 0 Å². The number of carbonyl (C=O) groups is 1. The van der Waals surface area contributed by atoms with E-state index >= 15 is 0 Å². The Labute approximate surface area is 149 Å². The number of hydrogen-bond acceptors (Lipinski definition) is 4. The van der Waals surface area contributed by atoms with Gasteiger partial charge in [0.15, 0.2) is 0 Å². The van der Waals surface area contributed by atoms with Crippen molar-refractivity contribution in [3.63, 3.8) is 0 Å². The summed E-state index contributed by atoms with van der Waals surface area (Å²) in [6.07, 6.45) is 0. The van der Waals surface area contributed by atoms with Gasteiger partial charge < -0.3 is 19.9 Å². The first-order chi connectivity index (χ1) is 12.3. The van der Waals surface area contributed by atoms with Gasteiger partial charge in [0.1, 0.15) is 5.75 Å². The van der Waals surface area contributed by atoms with Gasteiger partial charge in [0, 0.05) is 37.6 Å². The van der Waals surface area contributed by atoms with E-state index in [9.17, 15) is 4.79 Å². The largest absolute Gasteiger partial charge is 0.494 e. The summed E-state index contributed by atoms with van der Waals surface area (Å²) in [6.45, 7) is 6.21. The molecule has 0 aromatic heterocycles. The zero-order chi connectivity index (χ0) is 17.5. The van der Waals surface area contributed by atoms with Crippen LogP contribution in [0, 0.1) is 0 Å². The van der Waals surface area contributed by atoms with Gasteiger partial charge in [0.25, 0.3) is 0 Å². The van der Waals surface area contributed by atoms with Crippen molar-refractivity contribution in [1.82, 2.24) is 4.90 Å². The molecule has 1 saturated heterocycles. The molecule has 5 heteroatoms. The van der Waals surface area contributed by atoms with Crippen molar-refractivity contribution < 1.29 is 9.53 Å². The number of amides is 1. The summed E-state index contributed by atoms with van der Waals surface area (Å²) in [6, 6.07) is 18.0.